The number of benzene rings is 2. The fraction of sp³-hybridized carbons (Fsp3) is 0.133. The van der Waals surface area contributed by atoms with Crippen molar-refractivity contribution in [3.8, 4) is 5.69 Å². The van der Waals surface area contributed by atoms with E-state index >= 15 is 0 Å². The van der Waals surface area contributed by atoms with Crippen molar-refractivity contribution in [2.45, 2.75) is 13.8 Å². The standard InChI is InChI=1S/C15H14N2O/c1-10-7-8-13(11(2)9-10)17-14-6-4-3-5-12(14)16-15(17)18/h3-9H,1-2H3,(H,16,18). The number of fused-ring (bicyclic) bond motifs is 1. The number of nitrogens with one attached hydrogen (secondary N) is 1. The number of hydrogen-bond acceptors (Lipinski definition) is 1. The van der Waals surface area contributed by atoms with Gasteiger partial charge >= 0.3 is 5.69 Å². The van der Waals surface area contributed by atoms with Crippen LogP contribution in [0.3, 0.4) is 0 Å². The minimum atomic E-state index is -0.0943. The molecule has 0 radical (unpaired) electrons. The van der Waals surface area contributed by atoms with E-state index in [9.17, 15) is 4.79 Å². The molecule has 90 valence electrons. The Labute approximate surface area is 105 Å². The van der Waals surface area contributed by atoms with Gasteiger partial charge in [0.2, 0.25) is 0 Å². The minimum absolute atomic E-state index is 0.0943. The van der Waals surface area contributed by atoms with Crippen LogP contribution in [0.15, 0.2) is 47.3 Å². The molecule has 0 spiro atoms. The van der Waals surface area contributed by atoms with Gasteiger partial charge in [0.05, 0.1) is 16.7 Å². The first-order valence-corrected chi connectivity index (χ1v) is 5.94. The molecule has 3 aromatic rings. The molecule has 2 aromatic carbocycles. The number of hydrogen-bond donors (Lipinski definition) is 1. The zero-order valence-electron chi connectivity index (χ0n) is 10.4. The van der Waals surface area contributed by atoms with Gasteiger partial charge in [-0.1, -0.05) is 29.8 Å². The van der Waals surface area contributed by atoms with Gasteiger partial charge in [0.15, 0.2) is 0 Å². The first kappa shape index (κ1) is 10.8. The number of nitrogens with zero attached hydrogens (tertiary/aromatic N) is 1. The van der Waals surface area contributed by atoms with Crippen molar-refractivity contribution in [1.82, 2.24) is 9.55 Å². The topological polar surface area (TPSA) is 37.8 Å². The summed E-state index contributed by atoms with van der Waals surface area (Å²) < 4.78 is 1.73. The number of para-hydroxylation sites is 2. The summed E-state index contributed by atoms with van der Waals surface area (Å²) in [4.78, 5) is 15.0. The van der Waals surface area contributed by atoms with Crippen molar-refractivity contribution < 1.29 is 0 Å². The fourth-order valence-electron chi connectivity index (χ4n) is 2.35. The van der Waals surface area contributed by atoms with Gasteiger partial charge in [0.1, 0.15) is 0 Å². The van der Waals surface area contributed by atoms with Crippen LogP contribution in [0.5, 0.6) is 0 Å². The van der Waals surface area contributed by atoms with Gasteiger partial charge in [0, 0.05) is 0 Å². The van der Waals surface area contributed by atoms with Gasteiger partial charge in [-0.3, -0.25) is 4.57 Å². The molecule has 0 fully saturated rings. The van der Waals surface area contributed by atoms with E-state index in [1.54, 1.807) is 4.57 Å². The molecular formula is C15H14N2O. The largest absolute Gasteiger partial charge is 0.331 e. The van der Waals surface area contributed by atoms with Crippen LogP contribution in [-0.2, 0) is 0 Å². The highest BCUT2D eigenvalue weighted by Gasteiger charge is 2.09. The molecule has 1 N–H and O–H groups in total. The lowest BCUT2D eigenvalue weighted by Crippen LogP contribution is -2.15. The first-order valence-electron chi connectivity index (χ1n) is 5.94. The van der Waals surface area contributed by atoms with Crippen LogP contribution < -0.4 is 5.69 Å². The second-order valence-corrected chi connectivity index (χ2v) is 4.57. The SMILES string of the molecule is Cc1ccc(-n2c(=O)[nH]c3ccccc32)c(C)c1. The van der Waals surface area contributed by atoms with E-state index in [1.807, 2.05) is 43.3 Å². The summed E-state index contributed by atoms with van der Waals surface area (Å²) in [5.74, 6) is 0. The normalized spacial score (nSPS) is 11.0. The zero-order chi connectivity index (χ0) is 12.7. The van der Waals surface area contributed by atoms with Crippen LogP contribution in [0, 0.1) is 13.8 Å². The lowest BCUT2D eigenvalue weighted by Gasteiger charge is -2.08. The Morgan fingerprint density at radius 3 is 2.61 bits per heavy atom. The van der Waals surface area contributed by atoms with E-state index in [0.717, 1.165) is 22.3 Å². The van der Waals surface area contributed by atoms with E-state index in [2.05, 4.69) is 18.0 Å². The zero-order valence-corrected chi connectivity index (χ0v) is 10.4. The molecule has 18 heavy (non-hydrogen) atoms. The van der Waals surface area contributed by atoms with E-state index < -0.39 is 0 Å². The highest BCUT2D eigenvalue weighted by atomic mass is 16.1. The average Bonchev–Trinajstić information content (AvgIpc) is 2.66. The van der Waals surface area contributed by atoms with Crippen LogP contribution in [0.25, 0.3) is 16.7 Å². The molecule has 3 nitrogen and oxygen atoms in total. The maximum atomic E-state index is 12.1. The summed E-state index contributed by atoms with van der Waals surface area (Å²) in [7, 11) is 0. The van der Waals surface area contributed by atoms with Gasteiger partial charge in [-0.2, -0.15) is 0 Å². The van der Waals surface area contributed by atoms with Gasteiger partial charge in [0.25, 0.3) is 0 Å². The van der Waals surface area contributed by atoms with Crippen LogP contribution in [0.4, 0.5) is 0 Å². The van der Waals surface area contributed by atoms with Crippen molar-refractivity contribution in [3.05, 3.63) is 64.1 Å². The summed E-state index contributed by atoms with van der Waals surface area (Å²) >= 11 is 0. The number of H-pyrrole nitrogens is 1. The number of aromatic amines is 1. The van der Waals surface area contributed by atoms with Crippen LogP contribution in [-0.4, -0.2) is 9.55 Å². The molecule has 0 unspecified atom stereocenters. The molecular weight excluding hydrogens is 224 g/mol. The monoisotopic (exact) mass is 238 g/mol. The van der Waals surface area contributed by atoms with Gasteiger partial charge in [-0.25, -0.2) is 4.79 Å². The summed E-state index contributed by atoms with van der Waals surface area (Å²) in [6.45, 7) is 4.07. The second kappa shape index (κ2) is 3.88. The molecule has 3 heteroatoms. The summed E-state index contributed by atoms with van der Waals surface area (Å²) in [6.07, 6.45) is 0. The predicted molar refractivity (Wildman–Crippen MR) is 73.4 cm³/mol. The van der Waals surface area contributed by atoms with E-state index in [-0.39, 0.29) is 5.69 Å². The Bertz CT molecular complexity index is 781. The highest BCUT2D eigenvalue weighted by Crippen LogP contribution is 2.19. The van der Waals surface area contributed by atoms with Crippen LogP contribution in [0.2, 0.25) is 0 Å². The Kier molecular flexibility index (Phi) is 2.33. The number of aryl methyl sites for hydroxylation is 2. The Hall–Kier alpha value is -2.29. The molecule has 0 aliphatic rings. The lowest BCUT2D eigenvalue weighted by atomic mass is 10.1. The third kappa shape index (κ3) is 1.56. The Morgan fingerprint density at radius 2 is 1.83 bits per heavy atom. The van der Waals surface area contributed by atoms with Crippen molar-refractivity contribution in [2.24, 2.45) is 0 Å². The number of imidazole rings is 1. The maximum absolute atomic E-state index is 12.1. The van der Waals surface area contributed by atoms with E-state index in [4.69, 9.17) is 0 Å². The Balaban J connectivity index is 2.38. The number of rotatable bonds is 1. The molecule has 1 aromatic heterocycles. The second-order valence-electron chi connectivity index (χ2n) is 4.57. The first-order chi connectivity index (χ1) is 8.66. The van der Waals surface area contributed by atoms with Crippen molar-refractivity contribution >= 4 is 11.0 Å². The fourth-order valence-corrected chi connectivity index (χ4v) is 2.35. The molecule has 0 bridgehead atoms. The molecule has 0 amide bonds. The van der Waals surface area contributed by atoms with Crippen LogP contribution in [0.1, 0.15) is 11.1 Å². The third-order valence-corrected chi connectivity index (χ3v) is 3.18. The molecule has 0 saturated carbocycles. The maximum Gasteiger partial charge on any atom is 0.331 e. The summed E-state index contributed by atoms with van der Waals surface area (Å²) in [5.41, 5.74) is 4.91. The smallest absolute Gasteiger partial charge is 0.305 e. The van der Waals surface area contributed by atoms with Gasteiger partial charge < -0.3 is 4.98 Å². The van der Waals surface area contributed by atoms with Crippen molar-refractivity contribution in [1.29, 1.82) is 0 Å². The third-order valence-electron chi connectivity index (χ3n) is 3.18. The Morgan fingerprint density at radius 1 is 1.06 bits per heavy atom. The predicted octanol–water partition coefficient (Wildman–Crippen LogP) is 2.94. The average molecular weight is 238 g/mol. The molecule has 1 heterocycles. The van der Waals surface area contributed by atoms with E-state index in [1.165, 1.54) is 5.56 Å². The van der Waals surface area contributed by atoms with E-state index in [0.29, 0.717) is 0 Å². The van der Waals surface area contributed by atoms with Crippen molar-refractivity contribution in [2.75, 3.05) is 0 Å². The molecule has 0 aliphatic carbocycles. The van der Waals surface area contributed by atoms with Gasteiger partial charge in [-0.05, 0) is 37.6 Å². The number of aromatic nitrogens is 2. The molecule has 0 aliphatic heterocycles. The summed E-state index contributed by atoms with van der Waals surface area (Å²) in [6, 6.07) is 13.8. The molecule has 0 saturated heterocycles. The highest BCUT2D eigenvalue weighted by molar-refractivity contribution is 5.77. The quantitative estimate of drug-likeness (QED) is 0.695. The summed E-state index contributed by atoms with van der Waals surface area (Å²) in [5, 5.41) is 0. The lowest BCUT2D eigenvalue weighted by molar-refractivity contribution is 1.00. The molecule has 3 rings (SSSR count). The van der Waals surface area contributed by atoms with Crippen molar-refractivity contribution in [3.63, 3.8) is 0 Å². The van der Waals surface area contributed by atoms with Gasteiger partial charge in [-0.15, -0.1) is 0 Å². The minimum Gasteiger partial charge on any atom is -0.305 e. The molecule has 0 atom stereocenters. The van der Waals surface area contributed by atoms with Crippen LogP contribution >= 0.6 is 0 Å².